The molecule has 29 nitrogen and oxygen atoms in total. The third-order valence-electron chi connectivity index (χ3n) is 15.7. The summed E-state index contributed by atoms with van der Waals surface area (Å²) in [5, 5.41) is 24.2. The number of hydrogen-bond acceptors (Lipinski definition) is 20. The van der Waals surface area contributed by atoms with Gasteiger partial charge in [0, 0.05) is 90.3 Å². The molecule has 9 amide bonds. The molecule has 0 bridgehead atoms. The monoisotopic (exact) mass is 1520 g/mol. The van der Waals surface area contributed by atoms with Crippen molar-refractivity contribution < 1.29 is 57.4 Å². The maximum absolute atomic E-state index is 12.3. The van der Waals surface area contributed by atoms with Crippen molar-refractivity contribution in [2.75, 3.05) is 68.0 Å². The zero-order valence-electron chi connectivity index (χ0n) is 60.7. The van der Waals surface area contributed by atoms with Crippen LogP contribution in [0.3, 0.4) is 0 Å². The van der Waals surface area contributed by atoms with Crippen LogP contribution in [-0.4, -0.2) is 86.5 Å². The Balaban J connectivity index is 0.000000173. The smallest absolute Gasteiger partial charge is 0.407 e. The first-order valence-corrected chi connectivity index (χ1v) is 34.7. The van der Waals surface area contributed by atoms with Crippen molar-refractivity contribution in [2.45, 2.75) is 32.8 Å². The van der Waals surface area contributed by atoms with Gasteiger partial charge in [0.2, 0.25) is 5.91 Å². The van der Waals surface area contributed by atoms with Gasteiger partial charge >= 0.3 is 17.9 Å². The van der Waals surface area contributed by atoms with Crippen LogP contribution in [0.1, 0.15) is 69.2 Å². The standard InChI is InChI=1S/C21H19N5O3.3C21H20N4O3/c22-17-5-1-2-6-18(17)26-19(27)15-9-7-14(8-10-15)12-24-20(28)21(29)25-16-4-3-11-23-13-16;22-18-5-1-2-6-19(18)25-20(26)17-9-7-15(8-10-17)13-24-21(27)28-14-16-4-3-11-23-12-16;22-18-5-1-2-6-19(18)25-21(27)16-9-7-15(8-10-16)12-24-20(26)14-28-17-4-3-11-23-13-17;22-18-5-1-2-6-19(18)25-21(27)16-7-9-17(10-8-16)24-20(26)14-28-13-15-4-3-11-23-12-15/h1-11,13H,12,22H2,(H,24,28)(H,25,29)(H,26,27);1-12H,13-14,22H2,(H,24,27)(H,25,26);1-11,13H,12,14,22H2,(H,24,26)(H,25,27);1-12H,13-14,22H2,(H,24,26)(H,25,27). The van der Waals surface area contributed by atoms with Crippen molar-refractivity contribution in [1.29, 1.82) is 0 Å². The van der Waals surface area contributed by atoms with E-state index in [1.54, 1.807) is 268 Å². The summed E-state index contributed by atoms with van der Waals surface area (Å²) in [6, 6.07) is 69.2. The van der Waals surface area contributed by atoms with E-state index in [-0.39, 0.29) is 61.8 Å². The molecule has 0 radical (unpaired) electrons. The van der Waals surface area contributed by atoms with Crippen LogP contribution < -0.4 is 75.5 Å². The van der Waals surface area contributed by atoms with Crippen molar-refractivity contribution in [3.05, 3.63) is 342 Å². The molecule has 0 saturated heterocycles. The normalized spacial score (nSPS) is 10.2. The molecule has 8 aromatic carbocycles. The number of para-hydroxylation sites is 8. The number of anilines is 10. The summed E-state index contributed by atoms with van der Waals surface area (Å²) in [6.45, 7) is 1.06. The number of amides is 9. The molecule has 572 valence electrons. The van der Waals surface area contributed by atoms with E-state index >= 15 is 0 Å². The summed E-state index contributed by atoms with van der Waals surface area (Å²) in [5.74, 6) is -2.63. The van der Waals surface area contributed by atoms with Crippen LogP contribution in [0.25, 0.3) is 0 Å². The number of carbonyl (C=O) groups is 9. The molecule has 4 aromatic heterocycles. The van der Waals surface area contributed by atoms with Gasteiger partial charge in [-0.3, -0.25) is 58.3 Å². The number of ether oxygens (including phenoxy) is 3. The van der Waals surface area contributed by atoms with Crippen LogP contribution in [0.15, 0.2) is 292 Å². The Morgan fingerprint density at radius 1 is 0.301 bits per heavy atom. The van der Waals surface area contributed by atoms with Crippen LogP contribution in [0, 0.1) is 0 Å². The number of nitrogen functional groups attached to an aromatic ring is 4. The van der Waals surface area contributed by atoms with E-state index in [9.17, 15) is 43.2 Å². The number of alkyl carbamates (subject to hydrolysis) is 1. The number of rotatable bonds is 25. The van der Waals surface area contributed by atoms with Gasteiger partial charge in [-0.15, -0.1) is 0 Å². The minimum atomic E-state index is -0.783. The van der Waals surface area contributed by atoms with Crippen molar-refractivity contribution in [3.63, 3.8) is 0 Å². The summed E-state index contributed by atoms with van der Waals surface area (Å²) in [5.41, 5.74) is 34.5. The quantitative estimate of drug-likeness (QED) is 0.0187. The fourth-order valence-corrected chi connectivity index (χ4v) is 9.77. The molecule has 0 spiro atoms. The Labute approximate surface area is 649 Å². The summed E-state index contributed by atoms with van der Waals surface area (Å²) >= 11 is 0. The Kier molecular flexibility index (Phi) is 31.2. The van der Waals surface area contributed by atoms with E-state index in [4.69, 9.17) is 37.1 Å². The average Bonchev–Trinajstić information content (AvgIpc) is 0.871. The highest BCUT2D eigenvalue weighted by Crippen LogP contribution is 2.23. The Morgan fingerprint density at radius 3 is 1.08 bits per heavy atom. The molecule has 0 saturated carbocycles. The molecule has 0 fully saturated rings. The van der Waals surface area contributed by atoms with Crippen molar-refractivity contribution in [2.24, 2.45) is 0 Å². The van der Waals surface area contributed by atoms with Gasteiger partial charge in [0.25, 0.3) is 29.5 Å². The summed E-state index contributed by atoms with van der Waals surface area (Å²) in [6.07, 6.45) is 12.3. The maximum Gasteiger partial charge on any atom is 0.407 e. The lowest BCUT2D eigenvalue weighted by atomic mass is 10.1. The second kappa shape index (κ2) is 43.2. The number of nitrogens with two attached hydrogens (primary N) is 4. The highest BCUT2D eigenvalue weighted by Gasteiger charge is 2.17. The lowest BCUT2D eigenvalue weighted by Crippen LogP contribution is -2.34. The Hall–Kier alpha value is -15.7. The summed E-state index contributed by atoms with van der Waals surface area (Å²) in [4.78, 5) is 124. The van der Waals surface area contributed by atoms with Gasteiger partial charge in [0.15, 0.2) is 6.61 Å². The van der Waals surface area contributed by atoms with E-state index in [0.29, 0.717) is 105 Å². The van der Waals surface area contributed by atoms with Crippen LogP contribution in [0.5, 0.6) is 5.75 Å². The van der Waals surface area contributed by atoms with Crippen LogP contribution in [0.2, 0.25) is 0 Å². The third kappa shape index (κ3) is 27.9. The molecule has 0 aliphatic rings. The van der Waals surface area contributed by atoms with E-state index < -0.39 is 17.9 Å². The first-order chi connectivity index (χ1) is 54.9. The topological polar surface area (TPSA) is 445 Å². The van der Waals surface area contributed by atoms with Crippen LogP contribution in [-0.2, 0) is 61.5 Å². The summed E-state index contributed by atoms with van der Waals surface area (Å²) < 4.78 is 15.8. The van der Waals surface area contributed by atoms with Crippen molar-refractivity contribution >= 4 is 110 Å². The largest absolute Gasteiger partial charge is 0.482 e. The fraction of sp³-hybridized carbons (Fsp3) is 0.0833. The molecule has 12 aromatic rings. The minimum Gasteiger partial charge on any atom is -0.482 e. The van der Waals surface area contributed by atoms with E-state index in [0.717, 1.165) is 27.8 Å². The van der Waals surface area contributed by atoms with Gasteiger partial charge in [0.05, 0.1) is 70.2 Å². The average molecular weight is 1520 g/mol. The zero-order valence-corrected chi connectivity index (χ0v) is 60.7. The SMILES string of the molecule is Nc1ccccc1NC(=O)c1ccc(CNC(=O)C(=O)Nc2cccnc2)cc1.Nc1ccccc1NC(=O)c1ccc(CNC(=O)COc2cccnc2)cc1.Nc1ccccc1NC(=O)c1ccc(CNC(=O)OCc2cccnc2)cc1.Nc1ccccc1NC(=O)c1ccc(NC(=O)COCc2cccnc2)cc1. The predicted octanol–water partition coefficient (Wildman–Crippen LogP) is 11.2. The second-order valence-corrected chi connectivity index (χ2v) is 24.2. The lowest BCUT2D eigenvalue weighted by molar-refractivity contribution is -0.136. The fourth-order valence-electron chi connectivity index (χ4n) is 9.77. The molecule has 0 aliphatic heterocycles. The number of pyridine rings is 4. The molecule has 12 rings (SSSR count). The molecular formula is C84H79N17O12. The molecule has 17 N–H and O–H groups in total. The molecule has 0 atom stereocenters. The highest BCUT2D eigenvalue weighted by molar-refractivity contribution is 6.39. The van der Waals surface area contributed by atoms with E-state index in [1.807, 2.05) is 18.2 Å². The zero-order chi connectivity index (χ0) is 79.9. The number of carbonyl (C=O) groups excluding carboxylic acids is 9. The predicted molar refractivity (Wildman–Crippen MR) is 431 cm³/mol. The third-order valence-corrected chi connectivity index (χ3v) is 15.7. The Morgan fingerprint density at radius 2 is 0.681 bits per heavy atom. The van der Waals surface area contributed by atoms with Crippen LogP contribution in [0.4, 0.5) is 61.7 Å². The van der Waals surface area contributed by atoms with Gasteiger partial charge in [-0.2, -0.15) is 0 Å². The molecule has 0 unspecified atom stereocenters. The highest BCUT2D eigenvalue weighted by atomic mass is 16.5. The molecule has 0 aliphatic carbocycles. The van der Waals surface area contributed by atoms with Crippen molar-refractivity contribution in [1.82, 2.24) is 35.9 Å². The molecule has 4 heterocycles. The minimum absolute atomic E-state index is 0.0790. The first-order valence-electron chi connectivity index (χ1n) is 34.7. The van der Waals surface area contributed by atoms with Crippen molar-refractivity contribution in [3.8, 4) is 5.75 Å². The van der Waals surface area contributed by atoms with Gasteiger partial charge < -0.3 is 85.0 Å². The van der Waals surface area contributed by atoms with Gasteiger partial charge in [-0.05, 0) is 168 Å². The van der Waals surface area contributed by atoms with E-state index in [2.05, 4.69) is 67.8 Å². The van der Waals surface area contributed by atoms with Crippen LogP contribution >= 0.6 is 0 Å². The van der Waals surface area contributed by atoms with Gasteiger partial charge in [-0.1, -0.05) is 97.1 Å². The van der Waals surface area contributed by atoms with E-state index in [1.165, 1.54) is 6.20 Å². The number of nitrogens with one attached hydrogen (secondary N) is 9. The van der Waals surface area contributed by atoms with Gasteiger partial charge in [0.1, 0.15) is 19.0 Å². The summed E-state index contributed by atoms with van der Waals surface area (Å²) in [7, 11) is 0. The molecule has 113 heavy (non-hydrogen) atoms. The number of aromatic nitrogens is 4. The van der Waals surface area contributed by atoms with Gasteiger partial charge in [-0.25, -0.2) is 4.79 Å². The first kappa shape index (κ1) is 81.4. The molecule has 29 heteroatoms. The second-order valence-electron chi connectivity index (χ2n) is 24.2. The number of benzene rings is 8. The number of nitrogens with zero attached hydrogens (tertiary/aromatic N) is 4. The molecular weight excluding hydrogens is 1440 g/mol. The maximum atomic E-state index is 12.3. The Bertz CT molecular complexity index is 4980. The lowest BCUT2D eigenvalue weighted by Gasteiger charge is -2.09. The number of hydrogen-bond donors (Lipinski definition) is 13.